The van der Waals surface area contributed by atoms with Gasteiger partial charge >= 0.3 is 0 Å². The molecule has 2 fully saturated rings. The highest BCUT2D eigenvalue weighted by molar-refractivity contribution is 6.42. The van der Waals surface area contributed by atoms with Gasteiger partial charge in [0.25, 0.3) is 5.91 Å². The van der Waals surface area contributed by atoms with Gasteiger partial charge in [-0.1, -0.05) is 41.4 Å². The standard InChI is InChI=1S/C40H44Cl2N6O4/c1-50-35-22-28(23-36(51-2)37(35)52-3)38(49)47-21-15-40(26-47,29-8-9-31(41)32(42)24-29)14-20-46-18-12-30(13-19-46)48(25-27-10-16-43-17-11-27)39-44-33-6-4-5-7-34(33)45-39/h4-11,16-17,22-24,30H,12-15,18-21,25-26H2,1-3H3,(H,44,45). The summed E-state index contributed by atoms with van der Waals surface area (Å²) in [5.74, 6) is 2.17. The summed E-state index contributed by atoms with van der Waals surface area (Å²) in [7, 11) is 4.66. The van der Waals surface area contributed by atoms with Crippen LogP contribution in [0.2, 0.25) is 10.0 Å². The predicted molar refractivity (Wildman–Crippen MR) is 205 cm³/mol. The largest absolute Gasteiger partial charge is 0.493 e. The molecular weight excluding hydrogens is 699 g/mol. The number of aromatic nitrogens is 3. The number of carbonyl (C=O) groups is 1. The van der Waals surface area contributed by atoms with Crippen molar-refractivity contribution in [2.75, 3.05) is 59.0 Å². The van der Waals surface area contributed by atoms with E-state index in [0.29, 0.717) is 52.0 Å². The molecule has 1 atom stereocenters. The fraction of sp³-hybridized carbons (Fsp3) is 0.375. The Labute approximate surface area is 314 Å². The highest BCUT2D eigenvalue weighted by Crippen LogP contribution is 2.43. The van der Waals surface area contributed by atoms with E-state index in [9.17, 15) is 4.79 Å². The number of halogens is 2. The third-order valence-electron chi connectivity index (χ3n) is 10.7. The Morgan fingerprint density at radius 2 is 1.65 bits per heavy atom. The van der Waals surface area contributed by atoms with Crippen LogP contribution in [0.5, 0.6) is 17.2 Å². The lowest BCUT2D eigenvalue weighted by Crippen LogP contribution is -2.46. The average molecular weight is 744 g/mol. The molecule has 0 saturated carbocycles. The highest BCUT2D eigenvalue weighted by Gasteiger charge is 2.42. The van der Waals surface area contributed by atoms with Crippen molar-refractivity contribution in [3.63, 3.8) is 0 Å². The van der Waals surface area contributed by atoms with Crippen molar-refractivity contribution in [1.29, 1.82) is 0 Å². The molecule has 0 bridgehead atoms. The minimum Gasteiger partial charge on any atom is -0.493 e. The van der Waals surface area contributed by atoms with Gasteiger partial charge in [-0.3, -0.25) is 9.78 Å². The SMILES string of the molecule is COc1cc(C(=O)N2CCC(CCN3CCC(N(Cc4ccncc4)c4nc5ccccc5[nH]4)CC3)(c3ccc(Cl)c(Cl)c3)C2)cc(OC)c1OC. The summed E-state index contributed by atoms with van der Waals surface area (Å²) in [4.78, 5) is 33.7. The van der Waals surface area contributed by atoms with Crippen LogP contribution in [0.1, 0.15) is 47.2 Å². The fourth-order valence-electron chi connectivity index (χ4n) is 7.81. The van der Waals surface area contributed by atoms with Crippen molar-refractivity contribution in [2.45, 2.75) is 43.7 Å². The van der Waals surface area contributed by atoms with E-state index in [1.165, 1.54) is 5.56 Å². The second-order valence-electron chi connectivity index (χ2n) is 13.7. The number of carbonyl (C=O) groups excluding carboxylic acids is 1. The number of imidazole rings is 1. The van der Waals surface area contributed by atoms with E-state index in [1.807, 2.05) is 41.6 Å². The lowest BCUT2D eigenvalue weighted by molar-refractivity contribution is 0.0779. The summed E-state index contributed by atoms with van der Waals surface area (Å²) >= 11 is 13.0. The Morgan fingerprint density at radius 1 is 0.923 bits per heavy atom. The van der Waals surface area contributed by atoms with Crippen LogP contribution in [0.25, 0.3) is 11.0 Å². The van der Waals surface area contributed by atoms with Crippen molar-refractivity contribution in [3.8, 4) is 17.2 Å². The van der Waals surface area contributed by atoms with E-state index in [1.54, 1.807) is 33.5 Å². The number of hydrogen-bond acceptors (Lipinski definition) is 8. The van der Waals surface area contributed by atoms with Crippen LogP contribution >= 0.6 is 23.2 Å². The van der Waals surface area contributed by atoms with Gasteiger partial charge in [0, 0.05) is 62.1 Å². The minimum absolute atomic E-state index is 0.0816. The van der Waals surface area contributed by atoms with Gasteiger partial charge in [0.15, 0.2) is 11.5 Å². The molecule has 3 aromatic carbocycles. The number of H-pyrrole nitrogens is 1. The first-order valence-electron chi connectivity index (χ1n) is 17.7. The Balaban J connectivity index is 1.07. The van der Waals surface area contributed by atoms with E-state index in [2.05, 4.69) is 50.1 Å². The lowest BCUT2D eigenvalue weighted by Gasteiger charge is -2.40. The summed E-state index contributed by atoms with van der Waals surface area (Å²) in [6.07, 6.45) is 7.39. The molecule has 1 unspecified atom stereocenters. The number of methoxy groups -OCH3 is 3. The van der Waals surface area contributed by atoms with Crippen molar-refractivity contribution in [1.82, 2.24) is 24.8 Å². The molecule has 0 aliphatic carbocycles. The Kier molecular flexibility index (Phi) is 10.8. The number of fused-ring (bicyclic) bond motifs is 1. The van der Waals surface area contributed by atoms with Gasteiger partial charge in [-0.15, -0.1) is 0 Å². The van der Waals surface area contributed by atoms with Crippen LogP contribution in [0.4, 0.5) is 5.95 Å². The molecule has 5 aromatic rings. The second kappa shape index (κ2) is 15.6. The van der Waals surface area contributed by atoms with Crippen molar-refractivity contribution >= 4 is 46.1 Å². The highest BCUT2D eigenvalue weighted by atomic mass is 35.5. The number of piperidine rings is 1. The molecule has 2 aromatic heterocycles. The number of aromatic amines is 1. The summed E-state index contributed by atoms with van der Waals surface area (Å²) in [5.41, 5.74) is 4.51. The first-order valence-corrected chi connectivity index (χ1v) is 18.4. The summed E-state index contributed by atoms with van der Waals surface area (Å²) in [6, 6.07) is 22.0. The number of nitrogens with one attached hydrogen (secondary N) is 1. The van der Waals surface area contributed by atoms with Crippen LogP contribution in [0.15, 0.2) is 79.1 Å². The molecule has 2 saturated heterocycles. The summed E-state index contributed by atoms with van der Waals surface area (Å²) in [5, 5.41) is 1.04. The molecule has 2 aliphatic heterocycles. The molecule has 1 amide bonds. The number of para-hydroxylation sites is 2. The molecule has 1 N–H and O–H groups in total. The van der Waals surface area contributed by atoms with E-state index < -0.39 is 0 Å². The second-order valence-corrected chi connectivity index (χ2v) is 14.5. The number of nitrogens with zero attached hydrogens (tertiary/aromatic N) is 5. The van der Waals surface area contributed by atoms with E-state index in [4.69, 9.17) is 42.4 Å². The van der Waals surface area contributed by atoms with E-state index in [0.717, 1.165) is 74.4 Å². The van der Waals surface area contributed by atoms with Crippen molar-refractivity contribution in [3.05, 3.63) is 106 Å². The third-order valence-corrected chi connectivity index (χ3v) is 11.5. The van der Waals surface area contributed by atoms with Gasteiger partial charge < -0.3 is 33.9 Å². The Morgan fingerprint density at radius 3 is 2.33 bits per heavy atom. The number of ether oxygens (including phenoxy) is 3. The maximum absolute atomic E-state index is 14.0. The quantitative estimate of drug-likeness (QED) is 0.139. The molecular formula is C40H44Cl2N6O4. The molecule has 272 valence electrons. The molecule has 7 rings (SSSR count). The molecule has 2 aliphatic rings. The number of rotatable bonds is 12. The van der Waals surface area contributed by atoms with Crippen LogP contribution < -0.4 is 19.1 Å². The maximum atomic E-state index is 14.0. The zero-order chi connectivity index (χ0) is 36.2. The van der Waals surface area contributed by atoms with Crippen LogP contribution in [0.3, 0.4) is 0 Å². The maximum Gasteiger partial charge on any atom is 0.254 e. The molecule has 4 heterocycles. The topological polar surface area (TPSA) is 96.1 Å². The summed E-state index contributed by atoms with van der Waals surface area (Å²) in [6.45, 7) is 4.74. The normalized spacial score (nSPS) is 18.1. The van der Waals surface area contributed by atoms with Gasteiger partial charge in [0.05, 0.1) is 42.4 Å². The first kappa shape index (κ1) is 35.9. The van der Waals surface area contributed by atoms with Crippen LogP contribution in [-0.2, 0) is 12.0 Å². The van der Waals surface area contributed by atoms with Crippen molar-refractivity contribution in [2.24, 2.45) is 0 Å². The van der Waals surface area contributed by atoms with E-state index in [-0.39, 0.29) is 11.3 Å². The average Bonchev–Trinajstić information content (AvgIpc) is 3.83. The van der Waals surface area contributed by atoms with Gasteiger partial charge in [-0.25, -0.2) is 4.98 Å². The van der Waals surface area contributed by atoms with Crippen LogP contribution in [-0.4, -0.2) is 90.8 Å². The zero-order valence-electron chi connectivity index (χ0n) is 29.8. The molecule has 52 heavy (non-hydrogen) atoms. The van der Waals surface area contributed by atoms with Gasteiger partial charge in [-0.2, -0.15) is 0 Å². The van der Waals surface area contributed by atoms with E-state index >= 15 is 0 Å². The smallest absolute Gasteiger partial charge is 0.254 e. The Bertz CT molecular complexity index is 1960. The third kappa shape index (κ3) is 7.38. The number of benzene rings is 3. The predicted octanol–water partition coefficient (Wildman–Crippen LogP) is 7.64. The molecule has 12 heteroatoms. The van der Waals surface area contributed by atoms with Crippen molar-refractivity contribution < 1.29 is 19.0 Å². The van der Waals surface area contributed by atoms with Crippen LogP contribution in [0, 0.1) is 0 Å². The van der Waals surface area contributed by atoms with Gasteiger partial charge in [0.1, 0.15) is 0 Å². The number of pyridine rings is 1. The molecule has 10 nitrogen and oxygen atoms in total. The molecule has 0 radical (unpaired) electrons. The van der Waals surface area contributed by atoms with Gasteiger partial charge in [-0.05, 0) is 91.9 Å². The first-order chi connectivity index (χ1) is 25.3. The van der Waals surface area contributed by atoms with Gasteiger partial charge in [0.2, 0.25) is 11.7 Å². The number of amides is 1. The fourth-order valence-corrected chi connectivity index (χ4v) is 8.10. The number of anilines is 1. The lowest BCUT2D eigenvalue weighted by atomic mass is 9.76. The summed E-state index contributed by atoms with van der Waals surface area (Å²) < 4.78 is 16.6. The minimum atomic E-state index is -0.289. The number of likely N-dealkylation sites (tertiary alicyclic amines) is 2. The number of hydrogen-bond donors (Lipinski definition) is 1. The zero-order valence-corrected chi connectivity index (χ0v) is 31.3. The molecule has 0 spiro atoms. The Hall–Kier alpha value is -4.51. The monoisotopic (exact) mass is 742 g/mol.